The summed E-state index contributed by atoms with van der Waals surface area (Å²) in [6.45, 7) is 5.17. The third-order valence-electron chi connectivity index (χ3n) is 1.95. The molecule has 1 amide bonds. The number of rotatable bonds is 5. The first kappa shape index (κ1) is 16.4. The summed E-state index contributed by atoms with van der Waals surface area (Å²) in [6, 6.07) is 0. The fourth-order valence-corrected chi connectivity index (χ4v) is 1.09. The van der Waals surface area contributed by atoms with Gasteiger partial charge in [0.2, 0.25) is 0 Å². The standard InChI is InChI=1S/C12H21NO5/c1-12(2,3)18-11(16)13(4)8-9(14)6-7-10(15)17-5/h6-8H2,1-5H3. The number of carbonyl (C=O) groups excluding carboxylic acids is 3. The number of nitrogens with zero attached hydrogens (tertiary/aromatic N) is 1. The Morgan fingerprint density at radius 3 is 2.11 bits per heavy atom. The monoisotopic (exact) mass is 259 g/mol. The van der Waals surface area contributed by atoms with Gasteiger partial charge in [-0.1, -0.05) is 0 Å². The second-order valence-corrected chi connectivity index (χ2v) is 4.95. The van der Waals surface area contributed by atoms with Crippen molar-refractivity contribution >= 4 is 17.8 Å². The van der Waals surface area contributed by atoms with Crippen molar-refractivity contribution in [1.29, 1.82) is 0 Å². The zero-order valence-electron chi connectivity index (χ0n) is 11.6. The molecule has 0 radical (unpaired) electrons. The van der Waals surface area contributed by atoms with Crippen LogP contribution in [0, 0.1) is 0 Å². The summed E-state index contributed by atoms with van der Waals surface area (Å²) in [5.41, 5.74) is -0.597. The van der Waals surface area contributed by atoms with E-state index in [0.29, 0.717) is 0 Å². The fraction of sp³-hybridized carbons (Fsp3) is 0.750. The third kappa shape index (κ3) is 7.65. The maximum Gasteiger partial charge on any atom is 0.410 e. The average Bonchev–Trinajstić information content (AvgIpc) is 2.23. The van der Waals surface area contributed by atoms with Crippen molar-refractivity contribution in [2.24, 2.45) is 0 Å². The van der Waals surface area contributed by atoms with E-state index >= 15 is 0 Å². The first-order valence-electron chi connectivity index (χ1n) is 5.68. The minimum atomic E-state index is -0.597. The molecule has 0 aromatic heterocycles. The number of amides is 1. The van der Waals surface area contributed by atoms with Gasteiger partial charge in [0.25, 0.3) is 0 Å². The smallest absolute Gasteiger partial charge is 0.410 e. The molecule has 0 aliphatic carbocycles. The van der Waals surface area contributed by atoms with Crippen molar-refractivity contribution in [2.75, 3.05) is 20.7 Å². The van der Waals surface area contributed by atoms with E-state index in [4.69, 9.17) is 4.74 Å². The number of hydrogen-bond donors (Lipinski definition) is 0. The Morgan fingerprint density at radius 2 is 1.67 bits per heavy atom. The second kappa shape index (κ2) is 6.98. The van der Waals surface area contributed by atoms with Crippen molar-refractivity contribution < 1.29 is 23.9 Å². The molecule has 0 aliphatic rings. The lowest BCUT2D eigenvalue weighted by Gasteiger charge is -2.24. The van der Waals surface area contributed by atoms with Crippen molar-refractivity contribution in [3.63, 3.8) is 0 Å². The summed E-state index contributed by atoms with van der Waals surface area (Å²) in [5, 5.41) is 0. The van der Waals surface area contributed by atoms with E-state index in [1.165, 1.54) is 19.1 Å². The maximum atomic E-state index is 11.5. The van der Waals surface area contributed by atoms with Crippen LogP contribution in [-0.2, 0) is 19.1 Å². The molecule has 0 N–H and O–H groups in total. The fourth-order valence-electron chi connectivity index (χ4n) is 1.09. The molecule has 104 valence electrons. The van der Waals surface area contributed by atoms with Crippen molar-refractivity contribution in [3.05, 3.63) is 0 Å². The van der Waals surface area contributed by atoms with E-state index in [1.807, 2.05) is 0 Å². The lowest BCUT2D eigenvalue weighted by molar-refractivity contribution is -0.142. The lowest BCUT2D eigenvalue weighted by atomic mass is 10.2. The van der Waals surface area contributed by atoms with Crippen LogP contribution in [-0.4, -0.2) is 49.0 Å². The second-order valence-electron chi connectivity index (χ2n) is 4.95. The van der Waals surface area contributed by atoms with Gasteiger partial charge in [0, 0.05) is 13.5 Å². The third-order valence-corrected chi connectivity index (χ3v) is 1.95. The highest BCUT2D eigenvalue weighted by atomic mass is 16.6. The molecule has 0 bridgehead atoms. The number of carbonyl (C=O) groups is 3. The van der Waals surface area contributed by atoms with Gasteiger partial charge in [0.1, 0.15) is 5.60 Å². The molecule has 18 heavy (non-hydrogen) atoms. The maximum absolute atomic E-state index is 11.5. The number of Topliss-reactive ketones (excluding diaryl/α,β-unsaturated/α-hetero) is 1. The molecule has 0 unspecified atom stereocenters. The highest BCUT2D eigenvalue weighted by Gasteiger charge is 2.21. The topological polar surface area (TPSA) is 72.9 Å². The number of ether oxygens (including phenoxy) is 2. The number of ketones is 1. The summed E-state index contributed by atoms with van der Waals surface area (Å²) < 4.78 is 9.51. The van der Waals surface area contributed by atoms with Crippen LogP contribution in [0.4, 0.5) is 4.79 Å². The molecule has 0 aromatic rings. The minimum Gasteiger partial charge on any atom is -0.469 e. The van der Waals surface area contributed by atoms with Gasteiger partial charge in [-0.15, -0.1) is 0 Å². The van der Waals surface area contributed by atoms with E-state index in [9.17, 15) is 14.4 Å². The van der Waals surface area contributed by atoms with Crippen LogP contribution in [0.3, 0.4) is 0 Å². The molecule has 0 aliphatic heterocycles. The van der Waals surface area contributed by atoms with Crippen LogP contribution in [0.1, 0.15) is 33.6 Å². The highest BCUT2D eigenvalue weighted by molar-refractivity contribution is 5.86. The molecule has 0 atom stereocenters. The Kier molecular flexibility index (Phi) is 6.36. The first-order chi connectivity index (χ1) is 8.15. The van der Waals surface area contributed by atoms with Crippen LogP contribution in [0.15, 0.2) is 0 Å². The Morgan fingerprint density at radius 1 is 1.11 bits per heavy atom. The van der Waals surface area contributed by atoms with Crippen LogP contribution in [0.5, 0.6) is 0 Å². The summed E-state index contributed by atoms with van der Waals surface area (Å²) in [7, 11) is 2.74. The molecular formula is C12H21NO5. The minimum absolute atomic E-state index is 0.0253. The van der Waals surface area contributed by atoms with Gasteiger partial charge in [-0.05, 0) is 20.8 Å². The van der Waals surface area contributed by atoms with Gasteiger partial charge in [-0.25, -0.2) is 4.79 Å². The molecule has 0 rings (SSSR count). The van der Waals surface area contributed by atoms with Crippen LogP contribution >= 0.6 is 0 Å². The predicted molar refractivity (Wildman–Crippen MR) is 65.1 cm³/mol. The molecule has 6 heteroatoms. The molecular weight excluding hydrogens is 238 g/mol. The summed E-state index contributed by atoms with van der Waals surface area (Å²) >= 11 is 0. The molecule has 6 nitrogen and oxygen atoms in total. The van der Waals surface area contributed by atoms with Gasteiger partial charge in [0.05, 0.1) is 20.1 Å². The van der Waals surface area contributed by atoms with E-state index in [1.54, 1.807) is 20.8 Å². The lowest BCUT2D eigenvalue weighted by Crippen LogP contribution is -2.37. The number of hydrogen-bond acceptors (Lipinski definition) is 5. The highest BCUT2D eigenvalue weighted by Crippen LogP contribution is 2.09. The number of likely N-dealkylation sites (N-methyl/N-ethyl adjacent to an activating group) is 1. The van der Waals surface area contributed by atoms with Gasteiger partial charge < -0.3 is 14.4 Å². The zero-order chi connectivity index (χ0) is 14.3. The largest absolute Gasteiger partial charge is 0.469 e. The van der Waals surface area contributed by atoms with Crippen LogP contribution in [0.25, 0.3) is 0 Å². The summed E-state index contributed by atoms with van der Waals surface area (Å²) in [4.78, 5) is 35.1. The van der Waals surface area contributed by atoms with E-state index in [0.717, 1.165) is 0 Å². The van der Waals surface area contributed by atoms with E-state index in [2.05, 4.69) is 4.74 Å². The Bertz CT molecular complexity index is 319. The van der Waals surface area contributed by atoms with Crippen molar-refractivity contribution in [1.82, 2.24) is 4.90 Å². The molecule has 0 saturated heterocycles. The van der Waals surface area contributed by atoms with E-state index < -0.39 is 17.7 Å². The van der Waals surface area contributed by atoms with Gasteiger partial charge >= 0.3 is 12.1 Å². The van der Waals surface area contributed by atoms with Gasteiger partial charge in [0.15, 0.2) is 5.78 Å². The van der Waals surface area contributed by atoms with Gasteiger partial charge in [-0.3, -0.25) is 9.59 Å². The van der Waals surface area contributed by atoms with E-state index in [-0.39, 0.29) is 25.2 Å². The number of methoxy groups -OCH3 is 1. The van der Waals surface area contributed by atoms with Crippen molar-refractivity contribution in [3.8, 4) is 0 Å². The zero-order valence-corrected chi connectivity index (χ0v) is 11.6. The normalized spacial score (nSPS) is 10.7. The van der Waals surface area contributed by atoms with Crippen LogP contribution < -0.4 is 0 Å². The average molecular weight is 259 g/mol. The first-order valence-corrected chi connectivity index (χ1v) is 5.68. The molecule has 0 fully saturated rings. The van der Waals surface area contributed by atoms with Gasteiger partial charge in [-0.2, -0.15) is 0 Å². The summed E-state index contributed by atoms with van der Waals surface area (Å²) in [6.07, 6.45) is -0.481. The Balaban J connectivity index is 4.07. The molecule has 0 spiro atoms. The predicted octanol–water partition coefficient (Wildman–Crippen LogP) is 1.38. The molecule has 0 aromatic carbocycles. The quantitative estimate of drug-likeness (QED) is 0.697. The SMILES string of the molecule is COC(=O)CCC(=O)CN(C)C(=O)OC(C)(C)C. The Hall–Kier alpha value is -1.59. The summed E-state index contributed by atoms with van der Waals surface area (Å²) in [5.74, 6) is -0.656. The van der Waals surface area contributed by atoms with Crippen molar-refractivity contribution in [2.45, 2.75) is 39.2 Å². The Labute approximate surface area is 107 Å². The molecule has 0 saturated carbocycles. The molecule has 0 heterocycles. The van der Waals surface area contributed by atoms with Crippen LogP contribution in [0.2, 0.25) is 0 Å². The number of esters is 1.